The summed E-state index contributed by atoms with van der Waals surface area (Å²) in [5, 5.41) is 17.0. The molecule has 0 aliphatic heterocycles. The summed E-state index contributed by atoms with van der Waals surface area (Å²) in [5.74, 6) is 0.695. The van der Waals surface area contributed by atoms with Crippen LogP contribution in [0.1, 0.15) is 0 Å². The Morgan fingerprint density at radius 3 is 2.90 bits per heavy atom. The van der Waals surface area contributed by atoms with Crippen molar-refractivity contribution in [2.24, 2.45) is 0 Å². The molecule has 1 amide bonds. The van der Waals surface area contributed by atoms with E-state index in [1.807, 2.05) is 48.5 Å². The Hall–Kier alpha value is -3.37. The molecule has 8 nitrogen and oxygen atoms in total. The second-order valence-electron chi connectivity index (χ2n) is 6.03. The van der Waals surface area contributed by atoms with Gasteiger partial charge < -0.3 is 5.32 Å². The van der Waals surface area contributed by atoms with E-state index < -0.39 is 0 Å². The molecule has 5 aromatic rings. The highest BCUT2D eigenvalue weighted by molar-refractivity contribution is 7.99. The Morgan fingerprint density at radius 2 is 2.03 bits per heavy atom. The number of hydrogen-bond acceptors (Lipinski definition) is 8. The number of carbonyl (C=O) groups excluding carboxylic acids is 1. The van der Waals surface area contributed by atoms with E-state index >= 15 is 0 Å². The minimum Gasteiger partial charge on any atom is -0.301 e. The molecule has 0 saturated heterocycles. The van der Waals surface area contributed by atoms with Crippen LogP contribution in [0.2, 0.25) is 0 Å². The van der Waals surface area contributed by atoms with Crippen molar-refractivity contribution in [1.29, 1.82) is 0 Å². The van der Waals surface area contributed by atoms with E-state index in [1.165, 1.54) is 23.1 Å². The fourth-order valence-electron chi connectivity index (χ4n) is 2.74. The van der Waals surface area contributed by atoms with Gasteiger partial charge in [0, 0.05) is 18.0 Å². The first-order valence-electron chi connectivity index (χ1n) is 8.67. The summed E-state index contributed by atoms with van der Waals surface area (Å²) in [5.41, 5.74) is 2.33. The zero-order valence-corrected chi connectivity index (χ0v) is 16.5. The topological polar surface area (TPSA) is 98.0 Å². The Bertz CT molecular complexity index is 1280. The maximum absolute atomic E-state index is 12.3. The van der Waals surface area contributed by atoms with Crippen LogP contribution in [0, 0.1) is 0 Å². The van der Waals surface area contributed by atoms with Gasteiger partial charge in [-0.3, -0.25) is 9.78 Å². The number of carbonyl (C=O) groups is 1. The average molecular weight is 419 g/mol. The van der Waals surface area contributed by atoms with Crippen molar-refractivity contribution in [2.45, 2.75) is 5.03 Å². The van der Waals surface area contributed by atoms with Gasteiger partial charge in [0.2, 0.25) is 5.91 Å². The largest absolute Gasteiger partial charge is 0.301 e. The molecular formula is C19H13N7OS2. The van der Waals surface area contributed by atoms with Gasteiger partial charge in [-0.15, -0.1) is 10.2 Å². The van der Waals surface area contributed by atoms with Crippen LogP contribution >= 0.6 is 23.1 Å². The van der Waals surface area contributed by atoms with Crippen LogP contribution < -0.4 is 5.32 Å². The zero-order chi connectivity index (χ0) is 19.6. The number of nitrogens with zero attached hydrogens (tertiary/aromatic N) is 6. The summed E-state index contributed by atoms with van der Waals surface area (Å²) in [6, 6.07) is 15.2. The molecule has 0 atom stereocenters. The van der Waals surface area contributed by atoms with Crippen LogP contribution in [0.5, 0.6) is 0 Å². The molecule has 0 unspecified atom stereocenters. The van der Waals surface area contributed by atoms with Crippen molar-refractivity contribution in [3.63, 3.8) is 0 Å². The number of hydrogen-bond donors (Lipinski definition) is 1. The number of anilines is 1. The van der Waals surface area contributed by atoms with Gasteiger partial charge in [-0.25, -0.2) is 4.98 Å². The normalized spacial score (nSPS) is 11.2. The van der Waals surface area contributed by atoms with Crippen molar-refractivity contribution >= 4 is 50.0 Å². The van der Waals surface area contributed by atoms with Gasteiger partial charge in [0.25, 0.3) is 0 Å². The molecule has 1 N–H and O–H groups in total. The molecule has 142 valence electrons. The van der Waals surface area contributed by atoms with E-state index in [-0.39, 0.29) is 11.7 Å². The minimum absolute atomic E-state index is 0.132. The lowest BCUT2D eigenvalue weighted by molar-refractivity contribution is -0.113. The molecule has 0 saturated carbocycles. The molecule has 0 fully saturated rings. The zero-order valence-electron chi connectivity index (χ0n) is 14.9. The molecule has 0 radical (unpaired) electrons. The number of fused-ring (bicyclic) bond motifs is 2. The van der Waals surface area contributed by atoms with Gasteiger partial charge in [0.1, 0.15) is 5.03 Å². The van der Waals surface area contributed by atoms with Crippen LogP contribution in [0.25, 0.3) is 27.3 Å². The lowest BCUT2D eigenvalue weighted by atomic mass is 10.3. The highest BCUT2D eigenvalue weighted by Gasteiger charge is 2.12. The first kappa shape index (κ1) is 17.7. The van der Waals surface area contributed by atoms with Crippen molar-refractivity contribution in [2.75, 3.05) is 11.1 Å². The Morgan fingerprint density at radius 1 is 1.10 bits per heavy atom. The molecule has 4 heterocycles. The van der Waals surface area contributed by atoms with E-state index in [1.54, 1.807) is 16.9 Å². The number of benzene rings is 1. The van der Waals surface area contributed by atoms with Crippen molar-refractivity contribution in [1.82, 2.24) is 29.8 Å². The van der Waals surface area contributed by atoms with Crippen molar-refractivity contribution < 1.29 is 4.79 Å². The smallest absolute Gasteiger partial charge is 0.236 e. The molecule has 1 aromatic carbocycles. The number of nitrogens with one attached hydrogen (secondary N) is 1. The summed E-state index contributed by atoms with van der Waals surface area (Å²) < 4.78 is 2.70. The summed E-state index contributed by atoms with van der Waals surface area (Å²) >= 11 is 2.79. The Kier molecular flexibility index (Phi) is 4.62. The van der Waals surface area contributed by atoms with Crippen LogP contribution in [0.3, 0.4) is 0 Å². The van der Waals surface area contributed by atoms with E-state index in [4.69, 9.17) is 0 Å². The van der Waals surface area contributed by atoms with Crippen LogP contribution in [0.4, 0.5) is 5.13 Å². The molecule has 5 rings (SSSR count). The average Bonchev–Trinajstić information content (AvgIpc) is 3.36. The van der Waals surface area contributed by atoms with Crippen LogP contribution in [-0.4, -0.2) is 41.4 Å². The van der Waals surface area contributed by atoms with Gasteiger partial charge in [-0.05, 0) is 36.4 Å². The fourth-order valence-corrected chi connectivity index (χ4v) is 4.28. The summed E-state index contributed by atoms with van der Waals surface area (Å²) in [6.45, 7) is 0. The molecule has 0 spiro atoms. The SMILES string of the molecule is O=C(CSc1ccc2nnc(-c3cccnc3)n2n1)Nc1nc2ccccc2s1. The molecule has 0 aliphatic carbocycles. The fraction of sp³-hybridized carbons (Fsp3) is 0.0526. The van der Waals surface area contributed by atoms with Gasteiger partial charge in [0.05, 0.1) is 16.0 Å². The molecule has 0 aliphatic rings. The predicted molar refractivity (Wildman–Crippen MR) is 113 cm³/mol. The standard InChI is InChI=1S/C19H13N7OS2/c27-16(22-19-21-13-5-1-2-6-14(13)29-19)11-28-17-8-7-15-23-24-18(26(15)25-17)12-4-3-9-20-10-12/h1-10H,11H2,(H,21,22,27). The summed E-state index contributed by atoms with van der Waals surface area (Å²) in [6.07, 6.45) is 3.41. The summed E-state index contributed by atoms with van der Waals surface area (Å²) in [4.78, 5) is 20.9. The second kappa shape index (κ2) is 7.57. The number of pyridine rings is 1. The van der Waals surface area contributed by atoms with Crippen LogP contribution in [-0.2, 0) is 4.79 Å². The monoisotopic (exact) mass is 419 g/mol. The number of rotatable bonds is 5. The third kappa shape index (κ3) is 3.67. The van der Waals surface area contributed by atoms with Crippen LogP contribution in [0.15, 0.2) is 66.0 Å². The minimum atomic E-state index is -0.132. The third-order valence-corrected chi connectivity index (χ3v) is 5.92. The van der Waals surface area contributed by atoms with E-state index in [0.29, 0.717) is 21.6 Å². The van der Waals surface area contributed by atoms with Gasteiger partial charge in [-0.2, -0.15) is 9.61 Å². The maximum Gasteiger partial charge on any atom is 0.236 e. The van der Waals surface area contributed by atoms with Gasteiger partial charge >= 0.3 is 0 Å². The molecule has 29 heavy (non-hydrogen) atoms. The summed E-state index contributed by atoms with van der Waals surface area (Å²) in [7, 11) is 0. The van der Waals surface area contributed by atoms with Gasteiger partial charge in [-0.1, -0.05) is 35.2 Å². The lowest BCUT2D eigenvalue weighted by Crippen LogP contribution is -2.14. The number of thiazole rings is 1. The van der Waals surface area contributed by atoms with E-state index in [9.17, 15) is 4.79 Å². The highest BCUT2D eigenvalue weighted by atomic mass is 32.2. The maximum atomic E-state index is 12.3. The molecule has 4 aromatic heterocycles. The second-order valence-corrected chi connectivity index (χ2v) is 8.06. The first-order chi connectivity index (χ1) is 14.3. The van der Waals surface area contributed by atoms with E-state index in [2.05, 4.69) is 30.6 Å². The molecular weight excluding hydrogens is 406 g/mol. The number of para-hydroxylation sites is 1. The number of amides is 1. The quantitative estimate of drug-likeness (QED) is 0.435. The molecule has 0 bridgehead atoms. The Balaban J connectivity index is 1.30. The molecule has 10 heteroatoms. The highest BCUT2D eigenvalue weighted by Crippen LogP contribution is 2.26. The number of aromatic nitrogens is 6. The lowest BCUT2D eigenvalue weighted by Gasteiger charge is -2.03. The first-order valence-corrected chi connectivity index (χ1v) is 10.5. The third-order valence-electron chi connectivity index (χ3n) is 4.05. The predicted octanol–water partition coefficient (Wildman–Crippen LogP) is 3.53. The van der Waals surface area contributed by atoms with E-state index in [0.717, 1.165) is 15.8 Å². The number of thioether (sulfide) groups is 1. The van der Waals surface area contributed by atoms with Gasteiger partial charge in [0.15, 0.2) is 16.6 Å². The van der Waals surface area contributed by atoms with Crippen molar-refractivity contribution in [3.8, 4) is 11.4 Å². The van der Waals surface area contributed by atoms with Crippen molar-refractivity contribution in [3.05, 3.63) is 60.9 Å². The Labute approximate surface area is 173 Å².